The van der Waals surface area contributed by atoms with E-state index in [1.54, 1.807) is 6.08 Å². The first kappa shape index (κ1) is 55.6. The van der Waals surface area contributed by atoms with E-state index in [-0.39, 0.29) is 103 Å². The van der Waals surface area contributed by atoms with Crippen LogP contribution in [0.5, 0.6) is 0 Å². The summed E-state index contributed by atoms with van der Waals surface area (Å²) in [6.45, 7) is 17.2. The highest BCUT2D eigenvalue weighted by atomic mass is 16.5. The molecule has 0 N–H and O–H groups in total. The largest absolute Gasteiger partial charge is 0.469 e. The van der Waals surface area contributed by atoms with E-state index in [2.05, 4.69) is 46.1 Å². The maximum absolute atomic E-state index is 12.2. The van der Waals surface area contributed by atoms with Crippen molar-refractivity contribution in [2.75, 3.05) is 21.3 Å². The summed E-state index contributed by atoms with van der Waals surface area (Å²) in [4.78, 5) is 81.5. The molecule has 0 bridgehead atoms. The number of allylic oxidation sites excluding steroid dienone is 5. The fraction of sp³-hybridized carbons (Fsp3) is 0.686. The second kappa shape index (κ2) is 31.4. The monoisotopic (exact) mass is 867 g/mol. The zero-order valence-corrected chi connectivity index (χ0v) is 38.9. The van der Waals surface area contributed by atoms with Crippen molar-refractivity contribution in [1.29, 1.82) is 5.26 Å². The number of hydrogen-bond donors (Lipinski definition) is 0. The Morgan fingerprint density at radius 3 is 1.19 bits per heavy atom. The third-order valence-electron chi connectivity index (χ3n) is 12.5. The molecule has 0 aromatic carbocycles. The molecular weight excluding hydrogens is 787 g/mol. The molecule has 0 spiro atoms. The Balaban J connectivity index is 0.000000811. The summed E-state index contributed by atoms with van der Waals surface area (Å²) >= 11 is 0. The number of nitrogens with zero attached hydrogens (tertiary/aromatic N) is 1. The fourth-order valence-corrected chi connectivity index (χ4v) is 9.01. The highest BCUT2D eigenvalue weighted by Crippen LogP contribution is 2.34. The number of methoxy groups -OCH3 is 3. The molecule has 348 valence electrons. The molecular formula is C51H79NO10. The van der Waals surface area contributed by atoms with Crippen LogP contribution in [0.2, 0.25) is 0 Å². The molecule has 4 unspecified atom stereocenters. The molecule has 0 radical (unpaired) electrons. The van der Waals surface area contributed by atoms with Gasteiger partial charge in [-0.05, 0) is 104 Å². The van der Waals surface area contributed by atoms with Crippen molar-refractivity contribution >= 4 is 41.0 Å². The van der Waals surface area contributed by atoms with Crippen LogP contribution in [0.3, 0.4) is 0 Å². The Hall–Kier alpha value is -4.46. The molecule has 0 aromatic rings. The molecule has 11 heteroatoms. The SMILES string of the molecule is C=C(C)CC1CCC[C@@H](CC(=O)OC)C1=O.C=CCC1CCC[C@@H](CC(=O)OC)C1=O.C=CCC1CCC[C@@H](CCC#N)C1=O.COC(=O)C[C@@H]1CCCC(CC=C(C)C)C1=O.[2HH]. The first-order chi connectivity index (χ1) is 29.6. The second-order valence-electron chi connectivity index (χ2n) is 17.7. The maximum atomic E-state index is 12.2. The Bertz CT molecular complexity index is 1590. The molecule has 0 heterocycles. The van der Waals surface area contributed by atoms with Crippen LogP contribution in [0, 0.1) is 58.7 Å². The van der Waals surface area contributed by atoms with E-state index >= 15 is 0 Å². The fourth-order valence-electron chi connectivity index (χ4n) is 9.01. The number of carbonyl (C=O) groups is 7. The first-order valence-electron chi connectivity index (χ1n) is 22.8. The summed E-state index contributed by atoms with van der Waals surface area (Å²) in [5, 5.41) is 8.47. The van der Waals surface area contributed by atoms with Gasteiger partial charge in [0.15, 0.2) is 0 Å². The number of rotatable bonds is 16. The van der Waals surface area contributed by atoms with Crippen LogP contribution in [0.25, 0.3) is 0 Å². The predicted molar refractivity (Wildman–Crippen MR) is 243 cm³/mol. The molecule has 4 saturated carbocycles. The predicted octanol–water partition coefficient (Wildman–Crippen LogP) is 10.6. The van der Waals surface area contributed by atoms with Crippen LogP contribution in [0.15, 0.2) is 49.1 Å². The average molecular weight is 867 g/mol. The lowest BCUT2D eigenvalue weighted by molar-refractivity contribution is -0.145. The van der Waals surface area contributed by atoms with E-state index in [1.807, 2.05) is 26.8 Å². The van der Waals surface area contributed by atoms with E-state index < -0.39 is 0 Å². The minimum atomic E-state index is -0.285. The lowest BCUT2D eigenvalue weighted by Gasteiger charge is -2.27. The number of carbonyl (C=O) groups excluding carboxylic acids is 7. The lowest BCUT2D eigenvalue weighted by Crippen LogP contribution is -2.30. The quantitative estimate of drug-likeness (QED) is 0.0821. The number of Topliss-reactive ketones (excluding diaryl/α,β-unsaturated/α-hetero) is 4. The summed E-state index contributed by atoms with van der Waals surface area (Å²) in [6, 6.07) is 2.11. The zero-order chi connectivity index (χ0) is 46.6. The van der Waals surface area contributed by atoms with Crippen LogP contribution in [0.1, 0.15) is 157 Å². The van der Waals surface area contributed by atoms with Gasteiger partial charge in [-0.25, -0.2) is 0 Å². The van der Waals surface area contributed by atoms with Gasteiger partial charge in [-0.15, -0.1) is 19.7 Å². The van der Waals surface area contributed by atoms with Gasteiger partial charge in [0, 0.05) is 55.2 Å². The third-order valence-corrected chi connectivity index (χ3v) is 12.5. The first-order valence-corrected chi connectivity index (χ1v) is 22.8. The summed E-state index contributed by atoms with van der Waals surface area (Å²) in [6.07, 6.45) is 22.3. The summed E-state index contributed by atoms with van der Waals surface area (Å²) < 4.78 is 13.8. The summed E-state index contributed by atoms with van der Waals surface area (Å²) in [7, 11) is 4.09. The van der Waals surface area contributed by atoms with E-state index in [1.165, 1.54) is 26.9 Å². The third kappa shape index (κ3) is 21.1. The Morgan fingerprint density at radius 2 is 0.871 bits per heavy atom. The van der Waals surface area contributed by atoms with Crippen molar-refractivity contribution in [2.45, 2.75) is 156 Å². The molecule has 0 aliphatic heterocycles. The van der Waals surface area contributed by atoms with Crippen molar-refractivity contribution in [3.63, 3.8) is 0 Å². The van der Waals surface area contributed by atoms with Crippen molar-refractivity contribution < 1.29 is 49.2 Å². The molecule has 8 atom stereocenters. The summed E-state index contributed by atoms with van der Waals surface area (Å²) in [5.41, 5.74) is 2.28. The molecule has 62 heavy (non-hydrogen) atoms. The normalized spacial score (nSPS) is 25.6. The van der Waals surface area contributed by atoms with Crippen LogP contribution in [0.4, 0.5) is 0 Å². The van der Waals surface area contributed by atoms with Gasteiger partial charge in [0.25, 0.3) is 0 Å². The van der Waals surface area contributed by atoms with Crippen molar-refractivity contribution in [2.24, 2.45) is 47.3 Å². The van der Waals surface area contributed by atoms with Crippen molar-refractivity contribution in [3.8, 4) is 6.07 Å². The molecule has 0 saturated heterocycles. The molecule has 4 rings (SSSR count). The van der Waals surface area contributed by atoms with Crippen LogP contribution in [-0.4, -0.2) is 62.4 Å². The van der Waals surface area contributed by atoms with E-state index in [4.69, 9.17) is 5.26 Å². The second-order valence-corrected chi connectivity index (χ2v) is 17.7. The van der Waals surface area contributed by atoms with Crippen molar-refractivity contribution in [1.82, 2.24) is 0 Å². The van der Waals surface area contributed by atoms with Crippen LogP contribution in [-0.2, 0) is 47.8 Å². The minimum absolute atomic E-state index is 0. The van der Waals surface area contributed by atoms with Crippen LogP contribution < -0.4 is 0 Å². The van der Waals surface area contributed by atoms with Gasteiger partial charge in [0.2, 0.25) is 0 Å². The Morgan fingerprint density at radius 1 is 0.565 bits per heavy atom. The van der Waals surface area contributed by atoms with Gasteiger partial charge in [-0.2, -0.15) is 5.26 Å². The topological polar surface area (TPSA) is 171 Å². The highest BCUT2D eigenvalue weighted by Gasteiger charge is 2.34. The lowest BCUT2D eigenvalue weighted by atomic mass is 9.76. The van der Waals surface area contributed by atoms with E-state index in [9.17, 15) is 33.6 Å². The van der Waals surface area contributed by atoms with Gasteiger partial charge in [-0.3, -0.25) is 33.6 Å². The molecule has 0 amide bonds. The van der Waals surface area contributed by atoms with Crippen LogP contribution >= 0.6 is 0 Å². The van der Waals surface area contributed by atoms with Gasteiger partial charge >= 0.3 is 17.9 Å². The maximum Gasteiger partial charge on any atom is 0.306 e. The number of hydrogen-bond acceptors (Lipinski definition) is 11. The van der Waals surface area contributed by atoms with Gasteiger partial charge < -0.3 is 14.2 Å². The number of esters is 3. The van der Waals surface area contributed by atoms with E-state index in [0.29, 0.717) is 12.2 Å². The molecule has 11 nitrogen and oxygen atoms in total. The number of nitriles is 1. The molecule has 4 aliphatic rings. The van der Waals surface area contributed by atoms with Gasteiger partial charge in [-0.1, -0.05) is 55.1 Å². The molecule has 0 aromatic heterocycles. The molecule has 4 fully saturated rings. The summed E-state index contributed by atoms with van der Waals surface area (Å²) in [5.74, 6) is 0.414. The average Bonchev–Trinajstić information content (AvgIpc) is 3.24. The van der Waals surface area contributed by atoms with Gasteiger partial charge in [0.05, 0.1) is 46.7 Å². The van der Waals surface area contributed by atoms with Gasteiger partial charge in [0.1, 0.15) is 23.1 Å². The van der Waals surface area contributed by atoms with E-state index in [0.717, 1.165) is 115 Å². The number of ketones is 4. The zero-order valence-electron chi connectivity index (χ0n) is 38.9. The van der Waals surface area contributed by atoms with Crippen molar-refractivity contribution in [3.05, 3.63) is 49.1 Å². The Kier molecular flexibility index (Phi) is 28.1. The molecule has 4 aliphatic carbocycles. The Labute approximate surface area is 374 Å². The smallest absolute Gasteiger partial charge is 0.306 e. The standard InChI is InChI=1S/C14H22O3.C13H20O3.C12H17NO.C12H18O3.H2/c1-10(2)7-8-11-5-4-6-12(14(11)16)9-13(15)17-3;1-9(2)7-10-5-4-6-11(13(10)15)8-12(14)16-3;1-2-5-10-6-3-7-11(12(10)14)8-4-9-13;1-3-5-9-6-4-7-10(12(9)14)8-11(13)15-2;/h7,11-12H,4-6,8-9H2,1-3H3;10-11H,1,4-8H2,2-3H3;2,10-11H,1,3-8H2;3,9-10H,1,4-8H2,2H3;1H/t11?,12-;2*10?,11-;9?,10-;/m0000./s1/i;;;;1+1. The number of ether oxygens (including phenoxy) is 3. The minimum Gasteiger partial charge on any atom is -0.469 e. The highest BCUT2D eigenvalue weighted by molar-refractivity contribution is 5.89.